The van der Waals surface area contributed by atoms with Crippen LogP contribution in [0.3, 0.4) is 0 Å². The molecule has 0 saturated carbocycles. The zero-order valence-corrected chi connectivity index (χ0v) is 11.8. The van der Waals surface area contributed by atoms with Gasteiger partial charge < -0.3 is 10.0 Å². The van der Waals surface area contributed by atoms with E-state index in [0.717, 1.165) is 0 Å². The van der Waals surface area contributed by atoms with E-state index >= 15 is 0 Å². The van der Waals surface area contributed by atoms with Crippen LogP contribution < -0.4 is 0 Å². The Labute approximate surface area is 116 Å². The largest absolute Gasteiger partial charge is 0.480 e. The second-order valence-corrected chi connectivity index (χ2v) is 5.91. The first-order valence-electron chi connectivity index (χ1n) is 6.22. The number of carbonyl (C=O) groups is 2. The van der Waals surface area contributed by atoms with E-state index in [2.05, 4.69) is 13.8 Å². The fraction of sp³-hybridized carbons (Fsp3) is 0.429. The zero-order chi connectivity index (χ0) is 14.0. The molecule has 1 aliphatic heterocycles. The van der Waals surface area contributed by atoms with Crippen molar-refractivity contribution in [2.24, 2.45) is 0 Å². The van der Waals surface area contributed by atoms with Gasteiger partial charge in [-0.2, -0.15) is 0 Å². The Bertz CT molecular complexity index is 484. The molecule has 1 saturated heterocycles. The van der Waals surface area contributed by atoms with Crippen LogP contribution in [0.2, 0.25) is 0 Å². The molecule has 2 rings (SSSR count). The van der Waals surface area contributed by atoms with Gasteiger partial charge >= 0.3 is 5.97 Å². The first kappa shape index (κ1) is 13.9. The van der Waals surface area contributed by atoms with Crippen molar-refractivity contribution in [1.29, 1.82) is 0 Å². The number of rotatable bonds is 3. The molecule has 1 unspecified atom stereocenters. The summed E-state index contributed by atoms with van der Waals surface area (Å²) >= 11 is 1.47. The quantitative estimate of drug-likeness (QED) is 0.923. The van der Waals surface area contributed by atoms with Gasteiger partial charge in [0, 0.05) is 11.3 Å². The summed E-state index contributed by atoms with van der Waals surface area (Å²) in [5, 5.41) is 9.09. The van der Waals surface area contributed by atoms with E-state index in [9.17, 15) is 9.59 Å². The average molecular weight is 279 g/mol. The fourth-order valence-corrected chi connectivity index (χ4v) is 3.17. The highest BCUT2D eigenvalue weighted by atomic mass is 32.2. The summed E-state index contributed by atoms with van der Waals surface area (Å²) in [7, 11) is 0. The summed E-state index contributed by atoms with van der Waals surface area (Å²) in [6.07, 6.45) is 0. The van der Waals surface area contributed by atoms with Crippen LogP contribution in [-0.4, -0.2) is 39.6 Å². The number of hydrogen-bond acceptors (Lipinski definition) is 3. The Morgan fingerprint density at radius 2 is 1.95 bits per heavy atom. The second kappa shape index (κ2) is 5.65. The van der Waals surface area contributed by atoms with Gasteiger partial charge in [0.1, 0.15) is 6.04 Å². The van der Waals surface area contributed by atoms with Gasteiger partial charge in [0.05, 0.1) is 5.88 Å². The molecule has 1 N–H and O–H groups in total. The van der Waals surface area contributed by atoms with Gasteiger partial charge in [0.25, 0.3) is 5.91 Å². The van der Waals surface area contributed by atoms with Crippen molar-refractivity contribution in [2.75, 3.05) is 11.6 Å². The molecule has 0 radical (unpaired) electrons. The molecule has 1 aromatic rings. The summed E-state index contributed by atoms with van der Waals surface area (Å²) in [5.74, 6) is 0.190. The number of carbonyl (C=O) groups excluding carboxylic acids is 1. The summed E-state index contributed by atoms with van der Waals surface area (Å²) in [6, 6.07) is 6.70. The van der Waals surface area contributed by atoms with Crippen molar-refractivity contribution in [3.8, 4) is 0 Å². The highest BCUT2D eigenvalue weighted by Gasteiger charge is 2.34. The van der Waals surface area contributed by atoms with E-state index in [0.29, 0.717) is 23.1 Å². The van der Waals surface area contributed by atoms with Crippen LogP contribution in [-0.2, 0) is 4.79 Å². The predicted molar refractivity (Wildman–Crippen MR) is 75.4 cm³/mol. The predicted octanol–water partition coefficient (Wildman–Crippen LogP) is 2.41. The maximum absolute atomic E-state index is 12.3. The third kappa shape index (κ3) is 2.92. The molecule has 4 nitrogen and oxygen atoms in total. The van der Waals surface area contributed by atoms with Gasteiger partial charge in [-0.1, -0.05) is 26.0 Å². The van der Waals surface area contributed by atoms with Gasteiger partial charge in [-0.25, -0.2) is 4.79 Å². The van der Waals surface area contributed by atoms with E-state index in [1.807, 2.05) is 12.1 Å². The topological polar surface area (TPSA) is 57.6 Å². The van der Waals surface area contributed by atoms with E-state index in [1.54, 1.807) is 12.1 Å². The SMILES string of the molecule is CC(C)c1ccc(C(=O)N2CSCC2C(=O)O)cc1. The molecule has 19 heavy (non-hydrogen) atoms. The number of benzene rings is 1. The van der Waals surface area contributed by atoms with Gasteiger partial charge in [-0.3, -0.25) is 4.79 Å². The molecule has 5 heteroatoms. The first-order chi connectivity index (χ1) is 9.00. The molecular formula is C14H17NO3S. The molecular weight excluding hydrogens is 262 g/mol. The molecule has 1 aliphatic rings. The standard InChI is InChI=1S/C14H17NO3S/c1-9(2)10-3-5-11(6-4-10)13(16)15-8-19-7-12(15)14(17)18/h3-6,9,12H,7-8H2,1-2H3,(H,17,18). The number of carboxylic acid groups (broad SMARTS) is 1. The van der Waals surface area contributed by atoms with E-state index in [1.165, 1.54) is 22.2 Å². The van der Waals surface area contributed by atoms with Crippen LogP contribution in [0.1, 0.15) is 35.7 Å². The molecule has 1 aromatic carbocycles. The molecule has 1 heterocycles. The minimum atomic E-state index is -0.933. The smallest absolute Gasteiger partial charge is 0.327 e. The summed E-state index contributed by atoms with van der Waals surface area (Å²) in [6.45, 7) is 4.18. The van der Waals surface area contributed by atoms with Crippen molar-refractivity contribution in [1.82, 2.24) is 4.90 Å². The Kier molecular flexibility index (Phi) is 4.14. The molecule has 0 bridgehead atoms. The molecule has 0 aromatic heterocycles. The normalized spacial score (nSPS) is 18.9. The fourth-order valence-electron chi connectivity index (χ4n) is 2.02. The summed E-state index contributed by atoms with van der Waals surface area (Å²) < 4.78 is 0. The zero-order valence-electron chi connectivity index (χ0n) is 11.0. The molecule has 0 spiro atoms. The Morgan fingerprint density at radius 3 is 2.47 bits per heavy atom. The second-order valence-electron chi connectivity index (χ2n) is 4.91. The summed E-state index contributed by atoms with van der Waals surface area (Å²) in [4.78, 5) is 24.8. The number of aliphatic carboxylic acids is 1. The number of nitrogens with zero attached hydrogens (tertiary/aromatic N) is 1. The number of amides is 1. The lowest BCUT2D eigenvalue weighted by molar-refractivity contribution is -0.140. The maximum Gasteiger partial charge on any atom is 0.327 e. The van der Waals surface area contributed by atoms with Crippen molar-refractivity contribution in [2.45, 2.75) is 25.8 Å². The van der Waals surface area contributed by atoms with Crippen molar-refractivity contribution in [3.05, 3.63) is 35.4 Å². The minimum Gasteiger partial charge on any atom is -0.480 e. The van der Waals surface area contributed by atoms with Gasteiger partial charge in [0.2, 0.25) is 0 Å². The van der Waals surface area contributed by atoms with E-state index in [4.69, 9.17) is 5.11 Å². The van der Waals surface area contributed by atoms with Crippen molar-refractivity contribution in [3.63, 3.8) is 0 Å². The first-order valence-corrected chi connectivity index (χ1v) is 7.37. The van der Waals surface area contributed by atoms with Crippen LogP contribution in [0.4, 0.5) is 0 Å². The maximum atomic E-state index is 12.3. The highest BCUT2D eigenvalue weighted by Crippen LogP contribution is 2.24. The van der Waals surface area contributed by atoms with Crippen LogP contribution in [0.25, 0.3) is 0 Å². The van der Waals surface area contributed by atoms with Crippen LogP contribution >= 0.6 is 11.8 Å². The van der Waals surface area contributed by atoms with Crippen LogP contribution in [0.15, 0.2) is 24.3 Å². The Hall–Kier alpha value is -1.49. The van der Waals surface area contributed by atoms with Gasteiger partial charge in [0.15, 0.2) is 0 Å². The molecule has 1 amide bonds. The molecule has 0 aliphatic carbocycles. The third-order valence-corrected chi connectivity index (χ3v) is 4.26. The Morgan fingerprint density at radius 1 is 1.32 bits per heavy atom. The third-order valence-electron chi connectivity index (χ3n) is 3.25. The van der Waals surface area contributed by atoms with Crippen LogP contribution in [0.5, 0.6) is 0 Å². The summed E-state index contributed by atoms with van der Waals surface area (Å²) in [5.41, 5.74) is 1.72. The van der Waals surface area contributed by atoms with E-state index in [-0.39, 0.29) is 5.91 Å². The van der Waals surface area contributed by atoms with Gasteiger partial charge in [-0.05, 0) is 23.6 Å². The molecule has 1 fully saturated rings. The average Bonchev–Trinajstić information content (AvgIpc) is 2.87. The van der Waals surface area contributed by atoms with Crippen molar-refractivity contribution < 1.29 is 14.7 Å². The number of hydrogen-bond donors (Lipinski definition) is 1. The number of carboxylic acids is 1. The van der Waals surface area contributed by atoms with Gasteiger partial charge in [-0.15, -0.1) is 11.8 Å². The molecule has 1 atom stereocenters. The van der Waals surface area contributed by atoms with E-state index < -0.39 is 12.0 Å². The molecule has 102 valence electrons. The van der Waals surface area contributed by atoms with Crippen LogP contribution in [0, 0.1) is 0 Å². The number of thioether (sulfide) groups is 1. The Balaban J connectivity index is 2.17. The monoisotopic (exact) mass is 279 g/mol. The lowest BCUT2D eigenvalue weighted by atomic mass is 10.0. The minimum absolute atomic E-state index is 0.201. The highest BCUT2D eigenvalue weighted by molar-refractivity contribution is 7.99. The lowest BCUT2D eigenvalue weighted by Gasteiger charge is -2.20. The lowest BCUT2D eigenvalue weighted by Crippen LogP contribution is -2.41. The van der Waals surface area contributed by atoms with Crippen molar-refractivity contribution >= 4 is 23.6 Å².